The van der Waals surface area contributed by atoms with Crippen LogP contribution in [0.25, 0.3) is 20.7 Å². The summed E-state index contributed by atoms with van der Waals surface area (Å²) < 4.78 is 0. The fourth-order valence-corrected chi connectivity index (χ4v) is 4.44. The first-order valence-electron chi connectivity index (χ1n) is 8.53. The molecule has 0 aliphatic carbocycles. The van der Waals surface area contributed by atoms with Crippen LogP contribution in [-0.4, -0.2) is 40.9 Å². The van der Waals surface area contributed by atoms with Gasteiger partial charge in [-0.3, -0.25) is 14.5 Å². The van der Waals surface area contributed by atoms with Crippen LogP contribution in [0, 0.1) is 0 Å². The number of fused-ring (bicyclic) bond motifs is 1. The zero-order valence-corrected chi connectivity index (χ0v) is 16.7. The van der Waals surface area contributed by atoms with Crippen molar-refractivity contribution in [1.29, 1.82) is 0 Å². The summed E-state index contributed by atoms with van der Waals surface area (Å²) in [5.74, 6) is 0.550. The smallest absolute Gasteiger partial charge is 0.260 e. The van der Waals surface area contributed by atoms with Crippen molar-refractivity contribution in [2.24, 2.45) is 0 Å². The zero-order valence-electron chi connectivity index (χ0n) is 15.0. The van der Waals surface area contributed by atoms with E-state index in [1.165, 1.54) is 11.3 Å². The highest BCUT2D eigenvalue weighted by atomic mass is 32.1. The highest BCUT2D eigenvalue weighted by molar-refractivity contribution is 7.18. The summed E-state index contributed by atoms with van der Waals surface area (Å²) in [6.45, 7) is 4.88. The third-order valence-corrected chi connectivity index (χ3v) is 6.05. The third kappa shape index (κ3) is 3.87. The third-order valence-electron chi connectivity index (χ3n) is 4.27. The minimum atomic E-state index is -0.174. The predicted molar refractivity (Wildman–Crippen MR) is 108 cm³/mol. The van der Waals surface area contributed by atoms with Gasteiger partial charge in [0.05, 0.1) is 18.0 Å². The van der Waals surface area contributed by atoms with E-state index in [1.54, 1.807) is 11.3 Å². The molecule has 0 fully saturated rings. The van der Waals surface area contributed by atoms with Crippen molar-refractivity contribution >= 4 is 38.8 Å². The monoisotopic (exact) mass is 390 g/mol. The van der Waals surface area contributed by atoms with E-state index in [4.69, 9.17) is 0 Å². The van der Waals surface area contributed by atoms with E-state index in [9.17, 15) is 9.59 Å². The maximum atomic E-state index is 12.7. The first-order valence-corrected chi connectivity index (χ1v) is 10.3. The van der Waals surface area contributed by atoms with Crippen molar-refractivity contribution < 1.29 is 4.79 Å². The van der Waals surface area contributed by atoms with Crippen LogP contribution in [0.4, 0.5) is 0 Å². The summed E-state index contributed by atoms with van der Waals surface area (Å²) in [7, 11) is 1.85. The topological polar surface area (TPSA) is 78.1 Å². The molecule has 3 heterocycles. The van der Waals surface area contributed by atoms with Gasteiger partial charge in [-0.25, -0.2) is 4.98 Å². The number of hydrogen-bond donors (Lipinski definition) is 2. The lowest BCUT2D eigenvalue weighted by atomic mass is 10.2. The number of likely N-dealkylation sites (N-methyl/N-ethyl adjacent to an activating group) is 1. The number of nitrogens with one attached hydrogen (secondary N) is 2. The van der Waals surface area contributed by atoms with Crippen LogP contribution in [0.1, 0.15) is 32.1 Å². The number of aromatic nitrogens is 2. The average molecular weight is 391 g/mol. The van der Waals surface area contributed by atoms with Crippen molar-refractivity contribution in [2.75, 3.05) is 20.1 Å². The van der Waals surface area contributed by atoms with E-state index in [0.29, 0.717) is 17.8 Å². The number of nitrogens with zero attached hydrogens (tertiary/aromatic N) is 2. The minimum absolute atomic E-state index is 0.0271. The molecule has 0 unspecified atom stereocenters. The SMILES string of the molecule is CCCNC(=O)CN(C)[C@@H](C)c1nc2scc(-c3cccs3)c2c(=O)[nH]1. The quantitative estimate of drug-likeness (QED) is 0.649. The van der Waals surface area contributed by atoms with Gasteiger partial charge < -0.3 is 10.3 Å². The number of rotatable bonds is 7. The molecule has 0 aliphatic heterocycles. The van der Waals surface area contributed by atoms with Crippen molar-refractivity contribution in [2.45, 2.75) is 26.3 Å². The van der Waals surface area contributed by atoms with Gasteiger partial charge in [-0.2, -0.15) is 0 Å². The molecule has 3 aromatic rings. The summed E-state index contributed by atoms with van der Waals surface area (Å²) in [5, 5.41) is 7.47. The molecular formula is C18H22N4O2S2. The Kier molecular flexibility index (Phi) is 5.85. The predicted octanol–water partition coefficient (Wildman–Crippen LogP) is 3.23. The van der Waals surface area contributed by atoms with Gasteiger partial charge in [0.25, 0.3) is 5.56 Å². The van der Waals surface area contributed by atoms with Gasteiger partial charge in [-0.1, -0.05) is 13.0 Å². The molecule has 0 aromatic carbocycles. The lowest BCUT2D eigenvalue weighted by molar-refractivity contribution is -0.122. The Morgan fingerprint density at radius 3 is 2.92 bits per heavy atom. The van der Waals surface area contributed by atoms with Crippen molar-refractivity contribution in [3.05, 3.63) is 39.1 Å². The van der Waals surface area contributed by atoms with Gasteiger partial charge in [0, 0.05) is 22.4 Å². The molecule has 0 radical (unpaired) electrons. The lowest BCUT2D eigenvalue weighted by Gasteiger charge is -2.23. The van der Waals surface area contributed by atoms with Gasteiger partial charge in [0.2, 0.25) is 5.91 Å². The molecule has 0 saturated heterocycles. The van der Waals surface area contributed by atoms with Crippen LogP contribution >= 0.6 is 22.7 Å². The van der Waals surface area contributed by atoms with E-state index >= 15 is 0 Å². The number of hydrogen-bond acceptors (Lipinski definition) is 6. The molecule has 0 spiro atoms. The lowest BCUT2D eigenvalue weighted by Crippen LogP contribution is -2.37. The van der Waals surface area contributed by atoms with Gasteiger partial charge in [-0.05, 0) is 31.8 Å². The largest absolute Gasteiger partial charge is 0.355 e. The molecular weight excluding hydrogens is 368 g/mol. The fourth-order valence-electron chi connectivity index (χ4n) is 2.67. The molecule has 6 nitrogen and oxygen atoms in total. The van der Waals surface area contributed by atoms with Gasteiger partial charge in [0.1, 0.15) is 10.7 Å². The fraction of sp³-hybridized carbons (Fsp3) is 0.389. The van der Waals surface area contributed by atoms with Crippen molar-refractivity contribution in [3.8, 4) is 10.4 Å². The maximum Gasteiger partial charge on any atom is 0.260 e. The van der Waals surface area contributed by atoms with Crippen LogP contribution in [-0.2, 0) is 4.79 Å². The molecule has 2 N–H and O–H groups in total. The first kappa shape index (κ1) is 18.8. The summed E-state index contributed by atoms with van der Waals surface area (Å²) >= 11 is 3.08. The van der Waals surface area contributed by atoms with Crippen LogP contribution in [0.2, 0.25) is 0 Å². The van der Waals surface area contributed by atoms with Gasteiger partial charge >= 0.3 is 0 Å². The molecule has 138 valence electrons. The highest BCUT2D eigenvalue weighted by Crippen LogP contribution is 2.33. The number of amides is 1. The zero-order chi connectivity index (χ0) is 18.7. The Morgan fingerprint density at radius 2 is 2.23 bits per heavy atom. The molecule has 26 heavy (non-hydrogen) atoms. The number of aromatic amines is 1. The molecule has 0 saturated carbocycles. The van der Waals surface area contributed by atoms with Crippen LogP contribution in [0.15, 0.2) is 27.7 Å². The standard InChI is InChI=1S/C18H22N4O2S2/c1-4-7-19-14(23)9-22(3)11(2)16-20-17(24)15-12(10-26-18(15)21-16)13-6-5-8-25-13/h5-6,8,10-11H,4,7,9H2,1-3H3,(H,19,23)(H,20,21,24)/t11-/m0/s1. The molecule has 0 bridgehead atoms. The van der Waals surface area contributed by atoms with E-state index in [-0.39, 0.29) is 24.1 Å². The Bertz CT molecular complexity index is 946. The van der Waals surface area contributed by atoms with Crippen LogP contribution in [0.3, 0.4) is 0 Å². The Hall–Kier alpha value is -2.03. The molecule has 3 rings (SSSR count). The molecule has 0 aliphatic rings. The van der Waals surface area contributed by atoms with Gasteiger partial charge in [0.15, 0.2) is 0 Å². The second kappa shape index (κ2) is 8.11. The van der Waals surface area contributed by atoms with E-state index in [0.717, 1.165) is 21.7 Å². The number of carbonyl (C=O) groups is 1. The second-order valence-electron chi connectivity index (χ2n) is 6.20. The average Bonchev–Trinajstić information content (AvgIpc) is 3.28. The Labute approximate surface area is 159 Å². The van der Waals surface area contributed by atoms with Crippen LogP contribution in [0.5, 0.6) is 0 Å². The van der Waals surface area contributed by atoms with E-state index in [2.05, 4.69) is 15.3 Å². The normalized spacial score (nSPS) is 12.6. The number of thiophene rings is 2. The first-order chi connectivity index (χ1) is 12.5. The summed E-state index contributed by atoms with van der Waals surface area (Å²) in [5.41, 5.74) is 0.797. The van der Waals surface area contributed by atoms with Crippen LogP contribution < -0.4 is 10.9 Å². The van der Waals surface area contributed by atoms with Crippen molar-refractivity contribution in [1.82, 2.24) is 20.2 Å². The minimum Gasteiger partial charge on any atom is -0.355 e. The summed E-state index contributed by atoms with van der Waals surface area (Å²) in [6, 6.07) is 3.80. The second-order valence-corrected chi connectivity index (χ2v) is 8.00. The molecule has 8 heteroatoms. The molecule has 3 aromatic heterocycles. The summed E-state index contributed by atoms with van der Waals surface area (Å²) in [6.07, 6.45) is 0.904. The Morgan fingerprint density at radius 1 is 1.42 bits per heavy atom. The van der Waals surface area contributed by atoms with E-state index < -0.39 is 0 Å². The Balaban J connectivity index is 1.85. The number of H-pyrrole nitrogens is 1. The number of carbonyl (C=O) groups excluding carboxylic acids is 1. The summed E-state index contributed by atoms with van der Waals surface area (Å²) in [4.78, 5) is 35.8. The van der Waals surface area contributed by atoms with E-state index in [1.807, 2.05) is 48.7 Å². The molecule has 1 atom stereocenters. The van der Waals surface area contributed by atoms with Gasteiger partial charge in [-0.15, -0.1) is 22.7 Å². The molecule has 1 amide bonds. The highest BCUT2D eigenvalue weighted by Gasteiger charge is 2.20. The maximum absolute atomic E-state index is 12.7. The van der Waals surface area contributed by atoms with Crippen molar-refractivity contribution in [3.63, 3.8) is 0 Å².